The van der Waals surface area contributed by atoms with E-state index in [2.05, 4.69) is 38.8 Å². The van der Waals surface area contributed by atoms with Crippen molar-refractivity contribution < 1.29 is 0 Å². The number of hydrogen-bond acceptors (Lipinski definition) is 0. The summed E-state index contributed by atoms with van der Waals surface area (Å²) < 4.78 is 0. The Morgan fingerprint density at radius 1 is 1.23 bits per heavy atom. The van der Waals surface area contributed by atoms with E-state index in [1.807, 2.05) is 13.0 Å². The smallest absolute Gasteiger partial charge is 0.0239 e. The monoisotopic (exact) mass is 176 g/mol. The molecular formula is C13H20. The fraction of sp³-hybridized carbons (Fsp3) is 0.385. The van der Waals surface area contributed by atoms with Crippen LogP contribution >= 0.6 is 0 Å². The van der Waals surface area contributed by atoms with Crippen LogP contribution in [0.2, 0.25) is 0 Å². The Balaban J connectivity index is 0. The zero-order valence-electron chi connectivity index (χ0n) is 9.06. The van der Waals surface area contributed by atoms with Gasteiger partial charge in [0.05, 0.1) is 0 Å². The average Bonchev–Trinajstić information content (AvgIpc) is 2.13. The summed E-state index contributed by atoms with van der Waals surface area (Å²) in [4.78, 5) is 0. The molecule has 0 saturated carbocycles. The van der Waals surface area contributed by atoms with Crippen molar-refractivity contribution in [2.24, 2.45) is 0 Å². The van der Waals surface area contributed by atoms with Gasteiger partial charge in [0, 0.05) is 12.0 Å². The van der Waals surface area contributed by atoms with Gasteiger partial charge < -0.3 is 0 Å². The first-order valence-electron chi connectivity index (χ1n) is 4.70. The normalized spacial score (nSPS) is 8.69. The first-order valence-corrected chi connectivity index (χ1v) is 4.70. The molecule has 0 nitrogen and oxygen atoms in total. The van der Waals surface area contributed by atoms with Crippen molar-refractivity contribution in [2.75, 3.05) is 0 Å². The zero-order valence-corrected chi connectivity index (χ0v) is 9.06. The van der Waals surface area contributed by atoms with E-state index in [1.165, 1.54) is 6.42 Å². The number of rotatable bonds is 2. The molecule has 0 aromatic rings. The van der Waals surface area contributed by atoms with E-state index in [4.69, 9.17) is 0 Å². The highest BCUT2D eigenvalue weighted by molar-refractivity contribution is 5.38. The molecule has 0 aliphatic heterocycles. The van der Waals surface area contributed by atoms with E-state index < -0.39 is 0 Å². The highest BCUT2D eigenvalue weighted by atomic mass is 13.8. The van der Waals surface area contributed by atoms with Gasteiger partial charge in [-0.2, -0.15) is 0 Å². The van der Waals surface area contributed by atoms with Gasteiger partial charge in [-0.3, -0.25) is 0 Å². The van der Waals surface area contributed by atoms with Crippen LogP contribution in [0, 0.1) is 11.8 Å². The van der Waals surface area contributed by atoms with Crippen LogP contribution < -0.4 is 0 Å². The number of hydrogen-bond donors (Lipinski definition) is 0. The Kier molecular flexibility index (Phi) is 14.7. The Morgan fingerprint density at radius 2 is 1.77 bits per heavy atom. The lowest BCUT2D eigenvalue weighted by Crippen LogP contribution is -1.67. The second-order valence-corrected chi connectivity index (χ2v) is 2.42. The highest BCUT2D eigenvalue weighted by Crippen LogP contribution is 1.92. The third kappa shape index (κ3) is 13.7. The van der Waals surface area contributed by atoms with Gasteiger partial charge in [-0.25, -0.2) is 0 Å². The summed E-state index contributed by atoms with van der Waals surface area (Å²) in [7, 11) is 0. The molecule has 0 unspecified atom stereocenters. The maximum absolute atomic E-state index is 3.61. The lowest BCUT2D eigenvalue weighted by atomic mass is 10.2. The summed E-state index contributed by atoms with van der Waals surface area (Å²) in [5.41, 5.74) is 0.928. The standard InChI is InChI=1S/C10H12.C3H8/c1-4-7-9-10(6-3)8-5-2;1-3-2/h5-6,8H,2-4H2,1H3;3H2,1-2H3/b10-8+;. The summed E-state index contributed by atoms with van der Waals surface area (Å²) in [6, 6.07) is 0. The van der Waals surface area contributed by atoms with Crippen LogP contribution in [-0.2, 0) is 0 Å². The van der Waals surface area contributed by atoms with Crippen LogP contribution in [0.4, 0.5) is 0 Å². The first kappa shape index (κ1) is 14.3. The largest absolute Gasteiger partial charge is 0.0990 e. The topological polar surface area (TPSA) is 0 Å². The average molecular weight is 176 g/mol. The van der Waals surface area contributed by atoms with Gasteiger partial charge in [0.15, 0.2) is 0 Å². The third-order valence-electron chi connectivity index (χ3n) is 0.927. The predicted molar refractivity (Wildman–Crippen MR) is 62.5 cm³/mol. The van der Waals surface area contributed by atoms with Crippen molar-refractivity contribution in [3.8, 4) is 11.8 Å². The molecule has 0 saturated heterocycles. The fourth-order valence-corrected chi connectivity index (χ4v) is 0.478. The molecule has 13 heavy (non-hydrogen) atoms. The fourth-order valence-electron chi connectivity index (χ4n) is 0.478. The van der Waals surface area contributed by atoms with Gasteiger partial charge in [0.2, 0.25) is 0 Å². The van der Waals surface area contributed by atoms with Gasteiger partial charge in [0.1, 0.15) is 0 Å². The maximum atomic E-state index is 3.61. The Morgan fingerprint density at radius 3 is 2.08 bits per heavy atom. The van der Waals surface area contributed by atoms with Crippen LogP contribution in [0.1, 0.15) is 33.6 Å². The van der Waals surface area contributed by atoms with Gasteiger partial charge in [-0.05, 0) is 6.08 Å². The van der Waals surface area contributed by atoms with Crippen molar-refractivity contribution >= 4 is 0 Å². The van der Waals surface area contributed by atoms with Gasteiger partial charge in [0.25, 0.3) is 0 Å². The van der Waals surface area contributed by atoms with Crippen molar-refractivity contribution in [3.63, 3.8) is 0 Å². The molecule has 0 N–H and O–H groups in total. The van der Waals surface area contributed by atoms with E-state index in [9.17, 15) is 0 Å². The maximum Gasteiger partial charge on any atom is 0.0239 e. The molecule has 0 spiro atoms. The van der Waals surface area contributed by atoms with Crippen molar-refractivity contribution in [1.29, 1.82) is 0 Å². The predicted octanol–water partition coefficient (Wildman–Crippen LogP) is 4.11. The Bertz CT molecular complexity index is 208. The first-order chi connectivity index (χ1) is 6.26. The SMILES string of the molecule is C=C/C=C(/C#CCC)C=C.CCC. The van der Waals surface area contributed by atoms with E-state index in [0.717, 1.165) is 12.0 Å². The van der Waals surface area contributed by atoms with Crippen molar-refractivity contribution in [3.05, 3.63) is 37.0 Å². The lowest BCUT2D eigenvalue weighted by molar-refractivity contribution is 1.09. The molecule has 0 aliphatic rings. The molecule has 0 amide bonds. The second-order valence-electron chi connectivity index (χ2n) is 2.42. The zero-order chi connectivity index (χ0) is 10.5. The Labute approximate surface area is 83.1 Å². The molecule has 0 heteroatoms. The summed E-state index contributed by atoms with van der Waals surface area (Å²) >= 11 is 0. The summed E-state index contributed by atoms with van der Waals surface area (Å²) in [5.74, 6) is 5.89. The molecule has 0 fully saturated rings. The van der Waals surface area contributed by atoms with E-state index >= 15 is 0 Å². The summed E-state index contributed by atoms with van der Waals surface area (Å²) in [6.45, 7) is 13.4. The minimum atomic E-state index is 0.877. The van der Waals surface area contributed by atoms with Gasteiger partial charge >= 0.3 is 0 Å². The van der Waals surface area contributed by atoms with Crippen molar-refractivity contribution in [2.45, 2.75) is 33.6 Å². The molecule has 0 bridgehead atoms. The van der Waals surface area contributed by atoms with Crippen molar-refractivity contribution in [1.82, 2.24) is 0 Å². The number of allylic oxidation sites excluding steroid dienone is 4. The summed E-state index contributed by atoms with van der Waals surface area (Å²) in [6.07, 6.45) is 7.41. The van der Waals surface area contributed by atoms with Crippen LogP contribution in [0.3, 0.4) is 0 Å². The van der Waals surface area contributed by atoms with Crippen LogP contribution in [0.15, 0.2) is 37.0 Å². The van der Waals surface area contributed by atoms with E-state index in [1.54, 1.807) is 12.2 Å². The molecule has 0 aromatic carbocycles. The van der Waals surface area contributed by atoms with Gasteiger partial charge in [-0.15, -0.1) is 0 Å². The molecule has 0 radical (unpaired) electrons. The minimum Gasteiger partial charge on any atom is -0.0990 e. The highest BCUT2D eigenvalue weighted by Gasteiger charge is 1.77. The molecule has 0 atom stereocenters. The van der Waals surface area contributed by atoms with Gasteiger partial charge in [-0.1, -0.05) is 64.3 Å². The molecule has 0 rings (SSSR count). The molecule has 0 heterocycles. The summed E-state index contributed by atoms with van der Waals surface area (Å²) in [5, 5.41) is 0. The third-order valence-corrected chi connectivity index (χ3v) is 0.927. The lowest BCUT2D eigenvalue weighted by Gasteiger charge is -1.82. The second kappa shape index (κ2) is 13.4. The molecule has 0 aromatic heterocycles. The van der Waals surface area contributed by atoms with Crippen LogP contribution in [0.5, 0.6) is 0 Å². The minimum absolute atomic E-state index is 0.877. The van der Waals surface area contributed by atoms with Crippen LogP contribution in [-0.4, -0.2) is 0 Å². The molecule has 0 aliphatic carbocycles. The van der Waals surface area contributed by atoms with Crippen LogP contribution in [0.25, 0.3) is 0 Å². The molecular weight excluding hydrogens is 156 g/mol. The Hall–Kier alpha value is -1.22. The molecule has 72 valence electrons. The van der Waals surface area contributed by atoms with E-state index in [0.29, 0.717) is 0 Å². The van der Waals surface area contributed by atoms with E-state index in [-0.39, 0.29) is 0 Å². The quantitative estimate of drug-likeness (QED) is 0.438.